The summed E-state index contributed by atoms with van der Waals surface area (Å²) in [7, 11) is 1.91. The topological polar surface area (TPSA) is 62.2 Å². The lowest BCUT2D eigenvalue weighted by molar-refractivity contribution is -0.122. The number of carbonyl (C=O) groups is 1. The molecule has 2 rings (SSSR count). The maximum absolute atomic E-state index is 12.1. The number of hydrogen-bond donors (Lipinski definition) is 2. The monoisotopic (exact) mass is 279 g/mol. The van der Waals surface area contributed by atoms with Crippen molar-refractivity contribution < 1.29 is 4.79 Å². The summed E-state index contributed by atoms with van der Waals surface area (Å²) in [6, 6.07) is 0.00121. The molecule has 1 aromatic rings. The minimum Gasteiger partial charge on any atom is -0.348 e. The molecular formula is C14H25N5O. The van der Waals surface area contributed by atoms with Gasteiger partial charge >= 0.3 is 0 Å². The van der Waals surface area contributed by atoms with E-state index >= 15 is 0 Å². The fourth-order valence-corrected chi connectivity index (χ4v) is 2.57. The van der Waals surface area contributed by atoms with Crippen LogP contribution in [-0.2, 0) is 11.8 Å². The van der Waals surface area contributed by atoms with E-state index in [2.05, 4.69) is 20.6 Å². The molecule has 1 amide bonds. The normalized spacial score (nSPS) is 18.6. The van der Waals surface area contributed by atoms with Crippen LogP contribution in [0.4, 0.5) is 0 Å². The fourth-order valence-electron chi connectivity index (χ4n) is 2.57. The van der Waals surface area contributed by atoms with Gasteiger partial charge in [-0.2, -0.15) is 5.10 Å². The molecule has 1 fully saturated rings. The quantitative estimate of drug-likeness (QED) is 0.826. The standard InChI is InChI=1S/C14H25N5O/c1-11(13-9-16-18(3)12(13)2)17-14(20)10-19-7-4-5-15-6-8-19/h9,11,15H,4-8,10H2,1-3H3,(H,17,20). The number of aromatic nitrogens is 2. The van der Waals surface area contributed by atoms with Gasteiger partial charge in [-0.1, -0.05) is 0 Å². The molecule has 1 atom stereocenters. The summed E-state index contributed by atoms with van der Waals surface area (Å²) in [4.78, 5) is 14.3. The summed E-state index contributed by atoms with van der Waals surface area (Å²) < 4.78 is 1.83. The first-order chi connectivity index (χ1) is 9.58. The number of nitrogens with zero attached hydrogens (tertiary/aromatic N) is 3. The zero-order valence-corrected chi connectivity index (χ0v) is 12.6. The molecule has 0 aliphatic carbocycles. The highest BCUT2D eigenvalue weighted by Gasteiger charge is 2.17. The highest BCUT2D eigenvalue weighted by Crippen LogP contribution is 2.15. The zero-order chi connectivity index (χ0) is 14.5. The zero-order valence-electron chi connectivity index (χ0n) is 12.6. The molecule has 1 unspecified atom stereocenters. The first kappa shape index (κ1) is 15.0. The summed E-state index contributed by atoms with van der Waals surface area (Å²) in [5.41, 5.74) is 2.18. The largest absolute Gasteiger partial charge is 0.348 e. The summed E-state index contributed by atoms with van der Waals surface area (Å²) in [5.74, 6) is 0.0858. The molecule has 1 aliphatic rings. The molecule has 6 nitrogen and oxygen atoms in total. The van der Waals surface area contributed by atoms with Gasteiger partial charge in [-0.15, -0.1) is 0 Å². The second kappa shape index (κ2) is 6.85. The van der Waals surface area contributed by atoms with Crippen LogP contribution in [-0.4, -0.2) is 53.3 Å². The van der Waals surface area contributed by atoms with Crippen molar-refractivity contribution in [1.82, 2.24) is 25.3 Å². The first-order valence-corrected chi connectivity index (χ1v) is 7.29. The minimum absolute atomic E-state index is 0.00121. The molecule has 20 heavy (non-hydrogen) atoms. The molecule has 1 aliphatic heterocycles. The van der Waals surface area contributed by atoms with Crippen LogP contribution < -0.4 is 10.6 Å². The Balaban J connectivity index is 1.85. The van der Waals surface area contributed by atoms with E-state index in [1.165, 1.54) is 0 Å². The third-order valence-corrected chi connectivity index (χ3v) is 3.92. The lowest BCUT2D eigenvalue weighted by Gasteiger charge is -2.20. The van der Waals surface area contributed by atoms with Gasteiger partial charge in [0, 0.05) is 31.4 Å². The lowest BCUT2D eigenvalue weighted by atomic mass is 10.1. The third kappa shape index (κ3) is 3.80. The van der Waals surface area contributed by atoms with Crippen molar-refractivity contribution in [2.45, 2.75) is 26.3 Å². The van der Waals surface area contributed by atoms with Crippen LogP contribution in [0.2, 0.25) is 0 Å². The molecule has 112 valence electrons. The van der Waals surface area contributed by atoms with Crippen molar-refractivity contribution in [3.05, 3.63) is 17.5 Å². The SMILES string of the molecule is Cc1c(C(C)NC(=O)CN2CCCNCC2)cnn1C. The van der Waals surface area contributed by atoms with Gasteiger partial charge in [0.1, 0.15) is 0 Å². The second-order valence-electron chi connectivity index (χ2n) is 5.48. The van der Waals surface area contributed by atoms with Gasteiger partial charge in [-0.3, -0.25) is 14.4 Å². The predicted octanol–water partition coefficient (Wildman–Crippen LogP) is 0.201. The van der Waals surface area contributed by atoms with Crippen molar-refractivity contribution in [1.29, 1.82) is 0 Å². The smallest absolute Gasteiger partial charge is 0.234 e. The Hall–Kier alpha value is -1.40. The molecule has 6 heteroatoms. The van der Waals surface area contributed by atoms with Crippen molar-refractivity contribution in [2.24, 2.45) is 7.05 Å². The van der Waals surface area contributed by atoms with E-state index < -0.39 is 0 Å². The highest BCUT2D eigenvalue weighted by atomic mass is 16.2. The first-order valence-electron chi connectivity index (χ1n) is 7.29. The summed E-state index contributed by atoms with van der Waals surface area (Å²) in [6.45, 7) is 8.44. The Bertz CT molecular complexity index is 448. The number of nitrogens with one attached hydrogen (secondary N) is 2. The van der Waals surface area contributed by atoms with Gasteiger partial charge in [0.05, 0.1) is 18.8 Å². The van der Waals surface area contributed by atoms with Gasteiger partial charge in [-0.25, -0.2) is 0 Å². The van der Waals surface area contributed by atoms with E-state index in [-0.39, 0.29) is 11.9 Å². The summed E-state index contributed by atoms with van der Waals surface area (Å²) >= 11 is 0. The lowest BCUT2D eigenvalue weighted by Crippen LogP contribution is -2.39. The Kier molecular flexibility index (Phi) is 5.14. The summed E-state index contributed by atoms with van der Waals surface area (Å²) in [6.07, 6.45) is 2.93. The van der Waals surface area contributed by atoms with Crippen LogP contribution in [0.5, 0.6) is 0 Å². The summed E-state index contributed by atoms with van der Waals surface area (Å²) in [5, 5.41) is 10.6. The molecule has 0 aromatic carbocycles. The molecule has 1 aromatic heterocycles. The van der Waals surface area contributed by atoms with Crippen LogP contribution in [0.25, 0.3) is 0 Å². The Morgan fingerprint density at radius 1 is 1.50 bits per heavy atom. The van der Waals surface area contributed by atoms with E-state index in [4.69, 9.17) is 0 Å². The number of amides is 1. The van der Waals surface area contributed by atoms with E-state index in [9.17, 15) is 4.79 Å². The van der Waals surface area contributed by atoms with Crippen LogP contribution in [0.3, 0.4) is 0 Å². The average molecular weight is 279 g/mol. The minimum atomic E-state index is 0.00121. The highest BCUT2D eigenvalue weighted by molar-refractivity contribution is 5.78. The van der Waals surface area contributed by atoms with Crippen molar-refractivity contribution in [3.8, 4) is 0 Å². The molecule has 2 heterocycles. The Morgan fingerprint density at radius 3 is 3.00 bits per heavy atom. The van der Waals surface area contributed by atoms with Crippen molar-refractivity contribution >= 4 is 5.91 Å². The van der Waals surface area contributed by atoms with Gasteiger partial charge in [-0.05, 0) is 33.4 Å². The Labute approximate surface area is 120 Å². The molecule has 0 radical (unpaired) electrons. The van der Waals surface area contributed by atoms with Crippen LogP contribution in [0.1, 0.15) is 30.6 Å². The Morgan fingerprint density at radius 2 is 2.30 bits per heavy atom. The van der Waals surface area contributed by atoms with Gasteiger partial charge in [0.2, 0.25) is 5.91 Å². The molecule has 1 saturated heterocycles. The second-order valence-corrected chi connectivity index (χ2v) is 5.48. The van der Waals surface area contributed by atoms with Gasteiger partial charge in [0.25, 0.3) is 0 Å². The van der Waals surface area contributed by atoms with E-state index in [0.717, 1.165) is 43.9 Å². The number of hydrogen-bond acceptors (Lipinski definition) is 4. The number of rotatable bonds is 4. The van der Waals surface area contributed by atoms with E-state index in [0.29, 0.717) is 6.54 Å². The maximum Gasteiger partial charge on any atom is 0.234 e. The molecular weight excluding hydrogens is 254 g/mol. The number of carbonyl (C=O) groups excluding carboxylic acids is 1. The molecule has 0 saturated carbocycles. The molecule has 0 bridgehead atoms. The van der Waals surface area contributed by atoms with Crippen LogP contribution >= 0.6 is 0 Å². The van der Waals surface area contributed by atoms with Crippen LogP contribution in [0, 0.1) is 6.92 Å². The van der Waals surface area contributed by atoms with Crippen molar-refractivity contribution in [2.75, 3.05) is 32.7 Å². The molecule has 2 N–H and O–H groups in total. The maximum atomic E-state index is 12.1. The van der Waals surface area contributed by atoms with Crippen LogP contribution in [0.15, 0.2) is 6.20 Å². The fraction of sp³-hybridized carbons (Fsp3) is 0.714. The van der Waals surface area contributed by atoms with E-state index in [1.807, 2.05) is 31.8 Å². The predicted molar refractivity (Wildman–Crippen MR) is 78.4 cm³/mol. The van der Waals surface area contributed by atoms with Gasteiger partial charge < -0.3 is 10.6 Å². The average Bonchev–Trinajstić information content (AvgIpc) is 2.62. The van der Waals surface area contributed by atoms with Crippen molar-refractivity contribution in [3.63, 3.8) is 0 Å². The molecule has 0 spiro atoms. The van der Waals surface area contributed by atoms with Gasteiger partial charge in [0.15, 0.2) is 0 Å². The van der Waals surface area contributed by atoms with E-state index in [1.54, 1.807) is 0 Å². The third-order valence-electron chi connectivity index (χ3n) is 3.92. The number of aryl methyl sites for hydroxylation is 1.